The molecule has 1 atom stereocenters. The van der Waals surface area contributed by atoms with Crippen LogP contribution in [0.15, 0.2) is 35.3 Å². The van der Waals surface area contributed by atoms with E-state index in [-0.39, 0.29) is 29.7 Å². The number of aromatic amines is 1. The van der Waals surface area contributed by atoms with Gasteiger partial charge in [0.15, 0.2) is 0 Å². The zero-order valence-corrected chi connectivity index (χ0v) is 17.4. The van der Waals surface area contributed by atoms with Gasteiger partial charge < -0.3 is 14.6 Å². The molecule has 0 unspecified atom stereocenters. The van der Waals surface area contributed by atoms with Gasteiger partial charge in [-0.3, -0.25) is 14.7 Å². The van der Waals surface area contributed by atoms with Crippen molar-refractivity contribution in [3.63, 3.8) is 0 Å². The van der Waals surface area contributed by atoms with Gasteiger partial charge in [0.1, 0.15) is 11.6 Å². The van der Waals surface area contributed by atoms with E-state index in [2.05, 4.69) is 31.1 Å². The molecule has 9 heteroatoms. The molecule has 0 bridgehead atoms. The van der Waals surface area contributed by atoms with E-state index in [0.717, 1.165) is 22.2 Å². The lowest BCUT2D eigenvalue weighted by molar-refractivity contribution is -0.121. The van der Waals surface area contributed by atoms with Crippen LogP contribution in [0.1, 0.15) is 24.0 Å². The number of hydrogen-bond donors (Lipinski definition) is 2. The monoisotopic (exact) mass is 408 g/mol. The first kappa shape index (κ1) is 19.7. The summed E-state index contributed by atoms with van der Waals surface area (Å²) in [6, 6.07) is 7.31. The number of ether oxygens (including phenoxy) is 1. The number of amides is 1. The number of H-pyrrole nitrogens is 1. The van der Waals surface area contributed by atoms with Crippen LogP contribution in [-0.4, -0.2) is 43.2 Å². The van der Waals surface area contributed by atoms with Crippen LogP contribution in [0.3, 0.4) is 0 Å². The molecule has 1 amide bonds. The van der Waals surface area contributed by atoms with Gasteiger partial charge in [-0.25, -0.2) is 4.98 Å². The minimum Gasteiger partial charge on any atom is -0.497 e. The number of carbonyl (C=O) groups is 1. The molecule has 3 aromatic heterocycles. The number of methoxy groups -OCH3 is 1. The Labute approximate surface area is 172 Å². The summed E-state index contributed by atoms with van der Waals surface area (Å²) in [5.74, 6) is 1.28. The van der Waals surface area contributed by atoms with Gasteiger partial charge in [0.2, 0.25) is 5.91 Å². The number of nitrogens with zero attached hydrogens (tertiary/aromatic N) is 4. The van der Waals surface area contributed by atoms with E-state index in [0.29, 0.717) is 17.9 Å². The van der Waals surface area contributed by atoms with Gasteiger partial charge in [-0.2, -0.15) is 9.50 Å². The molecule has 0 saturated heterocycles. The van der Waals surface area contributed by atoms with Crippen LogP contribution in [0.25, 0.3) is 16.7 Å². The molecular formula is C21H24N6O3. The highest BCUT2D eigenvalue weighted by molar-refractivity contribution is 5.85. The van der Waals surface area contributed by atoms with Crippen molar-refractivity contribution in [2.45, 2.75) is 32.7 Å². The molecule has 3 heterocycles. The Morgan fingerprint density at radius 2 is 2.10 bits per heavy atom. The second kappa shape index (κ2) is 7.66. The zero-order valence-electron chi connectivity index (χ0n) is 17.4. The Morgan fingerprint density at radius 1 is 1.30 bits per heavy atom. The third kappa shape index (κ3) is 3.78. The number of nitrogens with one attached hydrogen (secondary N) is 2. The summed E-state index contributed by atoms with van der Waals surface area (Å²) >= 11 is 0. The first-order chi connectivity index (χ1) is 14.3. The fourth-order valence-corrected chi connectivity index (χ4v) is 3.72. The largest absolute Gasteiger partial charge is 0.497 e. The van der Waals surface area contributed by atoms with E-state index in [1.807, 2.05) is 32.2 Å². The Morgan fingerprint density at radius 3 is 2.87 bits per heavy atom. The minimum absolute atomic E-state index is 0.0372. The van der Waals surface area contributed by atoms with Crippen LogP contribution >= 0.6 is 0 Å². The molecule has 0 radical (unpaired) electrons. The van der Waals surface area contributed by atoms with Crippen LogP contribution < -0.4 is 15.6 Å². The zero-order chi connectivity index (χ0) is 21.4. The molecule has 156 valence electrons. The van der Waals surface area contributed by atoms with Gasteiger partial charge in [-0.15, -0.1) is 0 Å². The molecule has 30 heavy (non-hydrogen) atoms. The Hall–Kier alpha value is -3.62. The van der Waals surface area contributed by atoms with Gasteiger partial charge in [0, 0.05) is 41.9 Å². The maximum Gasteiger partial charge on any atom is 0.274 e. The van der Waals surface area contributed by atoms with E-state index < -0.39 is 0 Å². The van der Waals surface area contributed by atoms with Crippen LogP contribution in [-0.2, 0) is 24.7 Å². The third-order valence-electron chi connectivity index (χ3n) is 5.05. The number of rotatable bonds is 6. The highest BCUT2D eigenvalue weighted by Gasteiger charge is 2.15. The molecule has 0 saturated carbocycles. The van der Waals surface area contributed by atoms with Crippen molar-refractivity contribution in [1.29, 1.82) is 0 Å². The number of fused-ring (bicyclic) bond motifs is 2. The molecule has 0 fully saturated rings. The predicted molar refractivity (Wildman–Crippen MR) is 113 cm³/mol. The van der Waals surface area contributed by atoms with E-state index in [1.54, 1.807) is 14.0 Å². The third-order valence-corrected chi connectivity index (χ3v) is 5.05. The molecular weight excluding hydrogens is 384 g/mol. The molecule has 0 aliphatic heterocycles. The Bertz CT molecular complexity index is 1300. The van der Waals surface area contributed by atoms with Crippen molar-refractivity contribution in [3.8, 4) is 5.75 Å². The summed E-state index contributed by atoms with van der Waals surface area (Å²) in [7, 11) is 3.65. The topological polar surface area (TPSA) is 106 Å². The summed E-state index contributed by atoms with van der Waals surface area (Å²) < 4.78 is 8.65. The average Bonchev–Trinajstić information content (AvgIpc) is 3.22. The molecule has 4 rings (SSSR count). The van der Waals surface area contributed by atoms with Crippen molar-refractivity contribution in [3.05, 3.63) is 57.9 Å². The SMILES string of the molecule is COc1ccc2c(c1)c(C[C@H](C)NC(=O)Cc1nc3nc(C)cc(=O)n3[nH]1)cn2C. The number of benzene rings is 1. The summed E-state index contributed by atoms with van der Waals surface area (Å²) in [4.78, 5) is 32.9. The summed E-state index contributed by atoms with van der Waals surface area (Å²) in [6.07, 6.45) is 2.79. The summed E-state index contributed by atoms with van der Waals surface area (Å²) in [5.41, 5.74) is 2.58. The summed E-state index contributed by atoms with van der Waals surface area (Å²) in [5, 5.41) is 6.95. The first-order valence-electron chi connectivity index (χ1n) is 9.70. The number of hydrogen-bond acceptors (Lipinski definition) is 5. The number of carbonyl (C=O) groups excluding carboxylic acids is 1. The fourth-order valence-electron chi connectivity index (χ4n) is 3.72. The van der Waals surface area contributed by atoms with E-state index >= 15 is 0 Å². The van der Waals surface area contributed by atoms with Crippen molar-refractivity contribution >= 4 is 22.6 Å². The number of aromatic nitrogens is 5. The minimum atomic E-state index is -0.253. The lowest BCUT2D eigenvalue weighted by Gasteiger charge is -2.13. The van der Waals surface area contributed by atoms with Crippen molar-refractivity contribution in [1.82, 2.24) is 29.5 Å². The van der Waals surface area contributed by atoms with Gasteiger partial charge in [-0.05, 0) is 44.0 Å². The van der Waals surface area contributed by atoms with Gasteiger partial charge >= 0.3 is 0 Å². The molecule has 0 spiro atoms. The molecule has 0 aliphatic carbocycles. The summed E-state index contributed by atoms with van der Waals surface area (Å²) in [6.45, 7) is 3.69. The molecule has 2 N–H and O–H groups in total. The normalized spacial score (nSPS) is 12.4. The molecule has 1 aromatic carbocycles. The predicted octanol–water partition coefficient (Wildman–Crippen LogP) is 1.52. The average molecular weight is 408 g/mol. The van der Waals surface area contributed by atoms with Crippen molar-refractivity contribution < 1.29 is 9.53 Å². The lowest BCUT2D eigenvalue weighted by Crippen LogP contribution is -2.35. The maximum absolute atomic E-state index is 12.5. The van der Waals surface area contributed by atoms with E-state index in [1.165, 1.54) is 10.6 Å². The Kier molecular flexibility index (Phi) is 5.03. The lowest BCUT2D eigenvalue weighted by atomic mass is 10.1. The van der Waals surface area contributed by atoms with Crippen LogP contribution in [0.2, 0.25) is 0 Å². The fraction of sp³-hybridized carbons (Fsp3) is 0.333. The highest BCUT2D eigenvalue weighted by atomic mass is 16.5. The van der Waals surface area contributed by atoms with Crippen molar-refractivity contribution in [2.24, 2.45) is 7.05 Å². The van der Waals surface area contributed by atoms with Crippen LogP contribution in [0, 0.1) is 6.92 Å². The Balaban J connectivity index is 1.46. The maximum atomic E-state index is 12.5. The van der Waals surface area contributed by atoms with Gasteiger partial charge in [0.05, 0.1) is 13.5 Å². The second-order valence-corrected chi connectivity index (χ2v) is 7.54. The van der Waals surface area contributed by atoms with Crippen LogP contribution in [0.5, 0.6) is 5.75 Å². The van der Waals surface area contributed by atoms with E-state index in [9.17, 15) is 9.59 Å². The smallest absolute Gasteiger partial charge is 0.274 e. The van der Waals surface area contributed by atoms with Gasteiger partial charge in [-0.1, -0.05) is 0 Å². The standard InChI is InChI=1S/C21H24N6O3/c1-12(7-14-11-26(3)17-6-5-15(30-4)9-16(14)17)22-19(28)10-18-24-21-23-13(2)8-20(29)27(21)25-18/h5-6,8-9,11-12H,7,10H2,1-4H3,(H,22,28)(H,23,24,25)/t12-/m0/s1. The number of aryl methyl sites for hydroxylation is 2. The van der Waals surface area contributed by atoms with Crippen molar-refractivity contribution in [2.75, 3.05) is 7.11 Å². The molecule has 4 aromatic rings. The second-order valence-electron chi connectivity index (χ2n) is 7.54. The van der Waals surface area contributed by atoms with E-state index in [4.69, 9.17) is 4.74 Å². The first-order valence-corrected chi connectivity index (χ1v) is 9.70. The quantitative estimate of drug-likeness (QED) is 0.503. The molecule has 0 aliphatic rings. The molecule has 9 nitrogen and oxygen atoms in total. The highest BCUT2D eigenvalue weighted by Crippen LogP contribution is 2.26. The van der Waals surface area contributed by atoms with Gasteiger partial charge in [0.25, 0.3) is 11.3 Å². The van der Waals surface area contributed by atoms with Crippen LogP contribution in [0.4, 0.5) is 0 Å².